The Morgan fingerprint density at radius 2 is 1.94 bits per heavy atom. The topological polar surface area (TPSA) is 43.7 Å². The van der Waals surface area contributed by atoms with Gasteiger partial charge >= 0.3 is 0 Å². The molecule has 3 heteroatoms. The van der Waals surface area contributed by atoms with Crippen molar-refractivity contribution in [3.05, 3.63) is 0 Å². The molecule has 1 fully saturated rings. The molecule has 0 amide bonds. The molecule has 0 bridgehead atoms. The van der Waals surface area contributed by atoms with Crippen LogP contribution < -0.4 is 0 Å². The van der Waals surface area contributed by atoms with Crippen molar-refractivity contribution >= 4 is 0 Å². The highest BCUT2D eigenvalue weighted by molar-refractivity contribution is 4.85. The van der Waals surface area contributed by atoms with Crippen LogP contribution in [0.3, 0.4) is 0 Å². The molecule has 0 aromatic rings. The first-order valence-corrected chi connectivity index (χ1v) is 6.37. The minimum Gasteiger partial charge on any atom is -0.394 e. The fourth-order valence-electron chi connectivity index (χ4n) is 2.40. The van der Waals surface area contributed by atoms with E-state index in [-0.39, 0.29) is 18.2 Å². The van der Waals surface area contributed by atoms with E-state index in [1.54, 1.807) is 0 Å². The van der Waals surface area contributed by atoms with E-state index in [9.17, 15) is 10.2 Å². The molecule has 1 aliphatic rings. The van der Waals surface area contributed by atoms with E-state index in [1.165, 1.54) is 0 Å². The van der Waals surface area contributed by atoms with Gasteiger partial charge < -0.3 is 10.2 Å². The lowest BCUT2D eigenvalue weighted by Gasteiger charge is -2.40. The predicted molar refractivity (Wildman–Crippen MR) is 66.3 cm³/mol. The third kappa shape index (κ3) is 3.44. The summed E-state index contributed by atoms with van der Waals surface area (Å²) in [4.78, 5) is 2.17. The Labute approximate surface area is 99.5 Å². The Kier molecular flexibility index (Phi) is 4.77. The number of hydrogen-bond acceptors (Lipinski definition) is 3. The van der Waals surface area contributed by atoms with Crippen molar-refractivity contribution < 1.29 is 10.2 Å². The molecule has 1 rings (SSSR count). The standard InChI is InChI=1S/C13H27NO2/c1-10-5-6-12(16)11(7-10)8-14(4)13(2,3)9-15/h10-12,15-16H,5-9H2,1-4H3. The monoisotopic (exact) mass is 229 g/mol. The lowest BCUT2D eigenvalue weighted by atomic mass is 9.79. The van der Waals surface area contributed by atoms with E-state index >= 15 is 0 Å². The summed E-state index contributed by atoms with van der Waals surface area (Å²) >= 11 is 0. The molecule has 3 nitrogen and oxygen atoms in total. The van der Waals surface area contributed by atoms with E-state index in [1.807, 2.05) is 20.9 Å². The summed E-state index contributed by atoms with van der Waals surface area (Å²) in [6.45, 7) is 7.36. The normalized spacial score (nSPS) is 32.1. The highest BCUT2D eigenvalue weighted by atomic mass is 16.3. The Morgan fingerprint density at radius 3 is 2.50 bits per heavy atom. The summed E-state index contributed by atoms with van der Waals surface area (Å²) in [6.07, 6.45) is 3.02. The number of hydrogen-bond donors (Lipinski definition) is 2. The molecule has 96 valence electrons. The maximum atomic E-state index is 9.98. The van der Waals surface area contributed by atoms with E-state index in [4.69, 9.17) is 0 Å². The van der Waals surface area contributed by atoms with Gasteiger partial charge in [0.05, 0.1) is 12.7 Å². The largest absolute Gasteiger partial charge is 0.394 e. The highest BCUT2D eigenvalue weighted by Gasteiger charge is 2.31. The first kappa shape index (κ1) is 13.9. The highest BCUT2D eigenvalue weighted by Crippen LogP contribution is 2.30. The van der Waals surface area contributed by atoms with Crippen LogP contribution in [0.5, 0.6) is 0 Å². The van der Waals surface area contributed by atoms with Gasteiger partial charge in [-0.05, 0) is 52.0 Å². The second kappa shape index (κ2) is 5.48. The van der Waals surface area contributed by atoms with Crippen LogP contribution in [0.25, 0.3) is 0 Å². The Bertz CT molecular complexity index is 218. The molecule has 0 saturated heterocycles. The molecule has 0 heterocycles. The third-order valence-corrected chi connectivity index (χ3v) is 4.13. The third-order valence-electron chi connectivity index (χ3n) is 4.13. The van der Waals surface area contributed by atoms with Gasteiger partial charge in [-0.3, -0.25) is 4.90 Å². The number of likely N-dealkylation sites (N-methyl/N-ethyl adjacent to an activating group) is 1. The van der Waals surface area contributed by atoms with Gasteiger partial charge in [0.15, 0.2) is 0 Å². The summed E-state index contributed by atoms with van der Waals surface area (Å²) < 4.78 is 0. The molecular weight excluding hydrogens is 202 g/mol. The van der Waals surface area contributed by atoms with Gasteiger partial charge in [-0.1, -0.05) is 6.92 Å². The maximum absolute atomic E-state index is 9.98. The zero-order valence-corrected chi connectivity index (χ0v) is 11.1. The summed E-state index contributed by atoms with van der Waals surface area (Å²) in [6, 6.07) is 0. The Morgan fingerprint density at radius 1 is 1.31 bits per heavy atom. The van der Waals surface area contributed by atoms with E-state index in [2.05, 4.69) is 11.8 Å². The molecule has 2 N–H and O–H groups in total. The molecule has 16 heavy (non-hydrogen) atoms. The first-order chi connectivity index (χ1) is 7.36. The van der Waals surface area contributed by atoms with Gasteiger partial charge in [0, 0.05) is 12.1 Å². The lowest BCUT2D eigenvalue weighted by molar-refractivity contribution is 0.00256. The van der Waals surface area contributed by atoms with E-state index in [0.29, 0.717) is 5.92 Å². The molecular formula is C13H27NO2. The average molecular weight is 229 g/mol. The van der Waals surface area contributed by atoms with Gasteiger partial charge in [0.1, 0.15) is 0 Å². The summed E-state index contributed by atoms with van der Waals surface area (Å²) in [7, 11) is 2.03. The van der Waals surface area contributed by atoms with Gasteiger partial charge in [0.2, 0.25) is 0 Å². The Hall–Kier alpha value is -0.120. The van der Waals surface area contributed by atoms with Gasteiger partial charge in [-0.2, -0.15) is 0 Å². The second-order valence-electron chi connectivity index (χ2n) is 6.10. The molecule has 0 aliphatic heterocycles. The minimum atomic E-state index is -0.194. The first-order valence-electron chi connectivity index (χ1n) is 6.37. The molecule has 0 aromatic carbocycles. The van der Waals surface area contributed by atoms with E-state index < -0.39 is 0 Å². The number of nitrogens with zero attached hydrogens (tertiary/aromatic N) is 1. The van der Waals surface area contributed by atoms with Crippen molar-refractivity contribution in [1.29, 1.82) is 0 Å². The van der Waals surface area contributed by atoms with Crippen molar-refractivity contribution in [2.24, 2.45) is 11.8 Å². The second-order valence-corrected chi connectivity index (χ2v) is 6.10. The zero-order chi connectivity index (χ0) is 12.3. The molecule has 0 spiro atoms. The summed E-state index contributed by atoms with van der Waals surface area (Å²) in [5, 5.41) is 19.3. The molecule has 1 saturated carbocycles. The van der Waals surface area contributed by atoms with Crippen LogP contribution in [0, 0.1) is 11.8 Å². The van der Waals surface area contributed by atoms with Crippen LogP contribution in [0.4, 0.5) is 0 Å². The fraction of sp³-hybridized carbons (Fsp3) is 1.00. The number of aliphatic hydroxyl groups excluding tert-OH is 2. The molecule has 1 aliphatic carbocycles. The lowest BCUT2D eigenvalue weighted by Crippen LogP contribution is -2.48. The molecule has 3 unspecified atom stereocenters. The smallest absolute Gasteiger partial charge is 0.0609 e. The van der Waals surface area contributed by atoms with Gasteiger partial charge in [0.25, 0.3) is 0 Å². The Balaban J connectivity index is 2.52. The SMILES string of the molecule is CC1CCC(O)C(CN(C)C(C)(C)CO)C1. The molecule has 0 radical (unpaired) electrons. The number of rotatable bonds is 4. The fourth-order valence-corrected chi connectivity index (χ4v) is 2.40. The van der Waals surface area contributed by atoms with Gasteiger partial charge in [-0.25, -0.2) is 0 Å². The van der Waals surface area contributed by atoms with Crippen LogP contribution in [0.15, 0.2) is 0 Å². The summed E-state index contributed by atoms with van der Waals surface area (Å²) in [5.41, 5.74) is -0.194. The van der Waals surface area contributed by atoms with Crippen molar-refractivity contribution in [2.75, 3.05) is 20.2 Å². The summed E-state index contributed by atoms with van der Waals surface area (Å²) in [5.74, 6) is 1.08. The van der Waals surface area contributed by atoms with Gasteiger partial charge in [-0.15, -0.1) is 0 Å². The van der Waals surface area contributed by atoms with E-state index in [0.717, 1.165) is 31.7 Å². The van der Waals surface area contributed by atoms with Crippen molar-refractivity contribution in [1.82, 2.24) is 4.90 Å². The quantitative estimate of drug-likeness (QED) is 0.767. The van der Waals surface area contributed by atoms with Crippen LogP contribution in [0.2, 0.25) is 0 Å². The van der Waals surface area contributed by atoms with Crippen molar-refractivity contribution in [2.45, 2.75) is 51.7 Å². The predicted octanol–water partition coefficient (Wildman–Crippen LogP) is 1.49. The van der Waals surface area contributed by atoms with Crippen LogP contribution >= 0.6 is 0 Å². The van der Waals surface area contributed by atoms with Crippen LogP contribution in [0.1, 0.15) is 40.0 Å². The molecule has 0 aromatic heterocycles. The zero-order valence-electron chi connectivity index (χ0n) is 11.1. The maximum Gasteiger partial charge on any atom is 0.0609 e. The van der Waals surface area contributed by atoms with Crippen LogP contribution in [-0.2, 0) is 0 Å². The van der Waals surface area contributed by atoms with Crippen molar-refractivity contribution in [3.8, 4) is 0 Å². The average Bonchev–Trinajstić information content (AvgIpc) is 2.23. The number of aliphatic hydroxyl groups is 2. The van der Waals surface area contributed by atoms with Crippen molar-refractivity contribution in [3.63, 3.8) is 0 Å². The van der Waals surface area contributed by atoms with Crippen LogP contribution in [-0.4, -0.2) is 47.0 Å². The minimum absolute atomic E-state index is 0.155. The molecule has 3 atom stereocenters.